The number of halogens is 1. The van der Waals surface area contributed by atoms with Crippen LogP contribution in [0.5, 0.6) is 5.75 Å². The van der Waals surface area contributed by atoms with Crippen LogP contribution < -0.4 is 5.32 Å². The summed E-state index contributed by atoms with van der Waals surface area (Å²) in [4.78, 5) is 23.2. The molecular weight excluding hydrogens is 253 g/mol. The van der Waals surface area contributed by atoms with E-state index in [1.807, 2.05) is 0 Å². The number of aromatic hydroxyl groups is 1. The number of aliphatic carboxylic acids is 1. The molecule has 0 heterocycles. The van der Waals surface area contributed by atoms with Gasteiger partial charge in [0.15, 0.2) is 0 Å². The van der Waals surface area contributed by atoms with Crippen molar-refractivity contribution in [1.29, 1.82) is 0 Å². The van der Waals surface area contributed by atoms with Crippen molar-refractivity contribution < 1.29 is 24.2 Å². The van der Waals surface area contributed by atoms with E-state index in [0.29, 0.717) is 0 Å². The highest BCUT2D eigenvalue weighted by atomic mass is 19.1. The lowest BCUT2D eigenvalue weighted by atomic mass is 9.92. The summed E-state index contributed by atoms with van der Waals surface area (Å²) >= 11 is 0. The van der Waals surface area contributed by atoms with Gasteiger partial charge in [0.05, 0.1) is 5.56 Å². The van der Waals surface area contributed by atoms with Gasteiger partial charge in [-0.2, -0.15) is 0 Å². The van der Waals surface area contributed by atoms with Crippen LogP contribution in [0.3, 0.4) is 0 Å². The molecule has 0 aliphatic rings. The first-order valence-corrected chi connectivity index (χ1v) is 5.90. The van der Waals surface area contributed by atoms with Gasteiger partial charge >= 0.3 is 5.97 Å². The maximum Gasteiger partial charge on any atom is 0.329 e. The maximum absolute atomic E-state index is 13.1. The number of hydrogen-bond acceptors (Lipinski definition) is 3. The third-order valence-electron chi connectivity index (χ3n) is 3.17. The zero-order chi connectivity index (χ0) is 14.6. The van der Waals surface area contributed by atoms with E-state index in [1.54, 1.807) is 13.8 Å². The topological polar surface area (TPSA) is 86.6 Å². The fraction of sp³-hybridized carbons (Fsp3) is 0.385. The summed E-state index contributed by atoms with van der Waals surface area (Å²) in [5, 5.41) is 21.1. The number of phenols is 1. The van der Waals surface area contributed by atoms with Gasteiger partial charge in [0.2, 0.25) is 0 Å². The first-order valence-electron chi connectivity index (χ1n) is 5.90. The Morgan fingerprint density at radius 1 is 1.32 bits per heavy atom. The van der Waals surface area contributed by atoms with Crippen LogP contribution in [0.15, 0.2) is 18.2 Å². The molecule has 0 atom stereocenters. The third kappa shape index (κ3) is 3.01. The Kier molecular flexibility index (Phi) is 4.47. The van der Waals surface area contributed by atoms with Crippen LogP contribution in [0.1, 0.15) is 37.0 Å². The largest absolute Gasteiger partial charge is 0.507 e. The molecule has 104 valence electrons. The Morgan fingerprint density at radius 2 is 1.89 bits per heavy atom. The number of carboxylic acid groups (broad SMARTS) is 1. The summed E-state index contributed by atoms with van der Waals surface area (Å²) in [6, 6.07) is 2.92. The molecule has 1 rings (SSSR count). The van der Waals surface area contributed by atoms with Crippen LogP contribution in [0.25, 0.3) is 0 Å². The van der Waals surface area contributed by atoms with Crippen molar-refractivity contribution in [3.8, 4) is 5.75 Å². The van der Waals surface area contributed by atoms with Crippen LogP contribution in [-0.4, -0.2) is 27.6 Å². The summed E-state index contributed by atoms with van der Waals surface area (Å²) in [5.41, 5.74) is -1.71. The van der Waals surface area contributed by atoms with E-state index in [2.05, 4.69) is 5.32 Å². The van der Waals surface area contributed by atoms with Gasteiger partial charge in [0.1, 0.15) is 17.1 Å². The Balaban J connectivity index is 3.07. The SMILES string of the molecule is CCC(CC)(NC(=O)c1cc(F)ccc1O)C(=O)O. The molecule has 1 aromatic rings. The summed E-state index contributed by atoms with van der Waals surface area (Å²) in [6.07, 6.45) is 0.362. The van der Waals surface area contributed by atoms with E-state index < -0.39 is 29.0 Å². The predicted octanol–water partition coefficient (Wildman–Crippen LogP) is 1.90. The first-order chi connectivity index (χ1) is 8.86. The van der Waals surface area contributed by atoms with E-state index in [-0.39, 0.29) is 18.4 Å². The summed E-state index contributed by atoms with van der Waals surface area (Å²) in [5.74, 6) is -3.06. The second-order valence-electron chi connectivity index (χ2n) is 4.21. The first kappa shape index (κ1) is 14.9. The average molecular weight is 269 g/mol. The predicted molar refractivity (Wildman–Crippen MR) is 66.5 cm³/mol. The van der Waals surface area contributed by atoms with Gasteiger partial charge in [-0.3, -0.25) is 4.79 Å². The number of amides is 1. The van der Waals surface area contributed by atoms with Gasteiger partial charge in [-0.1, -0.05) is 13.8 Å². The molecule has 5 nitrogen and oxygen atoms in total. The molecule has 0 aliphatic carbocycles. The smallest absolute Gasteiger partial charge is 0.329 e. The van der Waals surface area contributed by atoms with Gasteiger partial charge in [0.25, 0.3) is 5.91 Å². The van der Waals surface area contributed by atoms with Crippen molar-refractivity contribution in [1.82, 2.24) is 5.32 Å². The third-order valence-corrected chi connectivity index (χ3v) is 3.17. The molecule has 19 heavy (non-hydrogen) atoms. The summed E-state index contributed by atoms with van der Waals surface area (Å²) in [6.45, 7) is 3.26. The molecule has 0 radical (unpaired) electrons. The molecule has 1 amide bonds. The zero-order valence-corrected chi connectivity index (χ0v) is 10.7. The summed E-state index contributed by atoms with van der Waals surface area (Å²) in [7, 11) is 0. The molecule has 6 heteroatoms. The quantitative estimate of drug-likeness (QED) is 0.762. The fourth-order valence-electron chi connectivity index (χ4n) is 1.76. The number of carbonyl (C=O) groups excluding carboxylic acids is 1. The van der Waals surface area contributed by atoms with Gasteiger partial charge in [-0.25, -0.2) is 9.18 Å². The highest BCUT2D eigenvalue weighted by molar-refractivity contribution is 5.99. The second kappa shape index (κ2) is 5.69. The van der Waals surface area contributed by atoms with Crippen molar-refractivity contribution in [3.05, 3.63) is 29.6 Å². The average Bonchev–Trinajstić information content (AvgIpc) is 2.38. The summed E-state index contributed by atoms with van der Waals surface area (Å²) < 4.78 is 13.1. The number of nitrogens with one attached hydrogen (secondary N) is 1. The van der Waals surface area contributed by atoms with E-state index in [0.717, 1.165) is 18.2 Å². The Morgan fingerprint density at radius 3 is 2.37 bits per heavy atom. The van der Waals surface area contributed by atoms with Crippen LogP contribution >= 0.6 is 0 Å². The molecule has 0 spiro atoms. The number of carboxylic acids is 1. The Labute approximate surface area is 110 Å². The zero-order valence-electron chi connectivity index (χ0n) is 10.7. The molecule has 3 N–H and O–H groups in total. The number of phenolic OH excluding ortho intramolecular Hbond substituents is 1. The van der Waals surface area contributed by atoms with Gasteiger partial charge in [0, 0.05) is 0 Å². The lowest BCUT2D eigenvalue weighted by Gasteiger charge is -2.28. The number of hydrogen-bond donors (Lipinski definition) is 3. The van der Waals surface area contributed by atoms with Crippen molar-refractivity contribution in [2.24, 2.45) is 0 Å². The minimum absolute atomic E-state index is 0.181. The number of carbonyl (C=O) groups is 2. The van der Waals surface area contributed by atoms with Crippen LogP contribution in [0, 0.1) is 5.82 Å². The minimum atomic E-state index is -1.42. The van der Waals surface area contributed by atoms with Crippen LogP contribution in [-0.2, 0) is 4.79 Å². The lowest BCUT2D eigenvalue weighted by Crippen LogP contribution is -2.53. The van der Waals surface area contributed by atoms with Crippen LogP contribution in [0.2, 0.25) is 0 Å². The molecule has 0 unspecified atom stereocenters. The molecule has 0 aromatic heterocycles. The van der Waals surface area contributed by atoms with Crippen LogP contribution in [0.4, 0.5) is 4.39 Å². The van der Waals surface area contributed by atoms with Crippen molar-refractivity contribution in [3.63, 3.8) is 0 Å². The van der Waals surface area contributed by atoms with E-state index in [4.69, 9.17) is 0 Å². The Hall–Kier alpha value is -2.11. The van der Waals surface area contributed by atoms with Gasteiger partial charge < -0.3 is 15.5 Å². The van der Waals surface area contributed by atoms with Crippen molar-refractivity contribution in [2.45, 2.75) is 32.2 Å². The standard InChI is InChI=1S/C13H16FNO4/c1-3-13(4-2,12(18)19)15-11(17)9-7-8(14)5-6-10(9)16/h5-7,16H,3-4H2,1-2H3,(H,15,17)(H,18,19). The number of rotatable bonds is 5. The second-order valence-corrected chi connectivity index (χ2v) is 4.21. The van der Waals surface area contributed by atoms with Crippen molar-refractivity contribution in [2.75, 3.05) is 0 Å². The molecule has 1 aromatic carbocycles. The Bertz CT molecular complexity index is 497. The molecular formula is C13H16FNO4. The van der Waals surface area contributed by atoms with E-state index in [9.17, 15) is 24.2 Å². The molecule has 0 fully saturated rings. The van der Waals surface area contributed by atoms with E-state index >= 15 is 0 Å². The van der Waals surface area contributed by atoms with Gasteiger partial charge in [-0.05, 0) is 31.0 Å². The lowest BCUT2D eigenvalue weighted by molar-refractivity contribution is -0.144. The van der Waals surface area contributed by atoms with E-state index in [1.165, 1.54) is 0 Å². The number of benzene rings is 1. The molecule has 0 bridgehead atoms. The highest BCUT2D eigenvalue weighted by Crippen LogP contribution is 2.21. The normalized spacial score (nSPS) is 11.1. The monoisotopic (exact) mass is 269 g/mol. The highest BCUT2D eigenvalue weighted by Gasteiger charge is 2.37. The molecule has 0 saturated heterocycles. The molecule has 0 aliphatic heterocycles. The maximum atomic E-state index is 13.1. The fourth-order valence-corrected chi connectivity index (χ4v) is 1.76. The van der Waals surface area contributed by atoms with Gasteiger partial charge in [-0.15, -0.1) is 0 Å². The minimum Gasteiger partial charge on any atom is -0.507 e. The van der Waals surface area contributed by atoms with Crippen molar-refractivity contribution >= 4 is 11.9 Å². The molecule has 0 saturated carbocycles.